The fraction of sp³-hybridized carbons (Fsp3) is 0.294. The molecule has 0 saturated heterocycles. The van der Waals surface area contributed by atoms with Gasteiger partial charge in [-0.05, 0) is 42.7 Å². The van der Waals surface area contributed by atoms with E-state index in [4.69, 9.17) is 11.6 Å². The summed E-state index contributed by atoms with van der Waals surface area (Å²) in [7, 11) is 0. The van der Waals surface area contributed by atoms with Crippen molar-refractivity contribution in [2.45, 2.75) is 32.9 Å². The molecule has 2 aromatic rings. The van der Waals surface area contributed by atoms with Crippen LogP contribution in [0.3, 0.4) is 0 Å². The van der Waals surface area contributed by atoms with E-state index in [0.717, 1.165) is 12.0 Å². The summed E-state index contributed by atoms with van der Waals surface area (Å²) in [6.45, 7) is 4.85. The van der Waals surface area contributed by atoms with E-state index >= 15 is 0 Å². The average Bonchev–Trinajstić information content (AvgIpc) is 2.48. The second-order valence-corrected chi connectivity index (χ2v) is 5.41. The lowest BCUT2D eigenvalue weighted by atomic mass is 10.0. The summed E-state index contributed by atoms with van der Waals surface area (Å²) < 4.78 is 0. The van der Waals surface area contributed by atoms with E-state index in [-0.39, 0.29) is 11.8 Å². The number of rotatable bonds is 5. The Bertz CT molecular complexity index is 566. The van der Waals surface area contributed by atoms with Crippen molar-refractivity contribution in [1.29, 1.82) is 0 Å². The Balaban J connectivity index is 2.00. The number of hydrogen-bond acceptors (Lipinski definition) is 2. The van der Waals surface area contributed by atoms with E-state index in [9.17, 15) is 5.11 Å². The first-order valence-electron chi connectivity index (χ1n) is 6.89. The quantitative estimate of drug-likeness (QED) is 0.852. The summed E-state index contributed by atoms with van der Waals surface area (Å²) in [5, 5.41) is 13.8. The topological polar surface area (TPSA) is 32.3 Å². The van der Waals surface area contributed by atoms with Gasteiger partial charge >= 0.3 is 0 Å². The Kier molecular flexibility index (Phi) is 5.05. The Morgan fingerprint density at radius 3 is 2.50 bits per heavy atom. The summed E-state index contributed by atoms with van der Waals surface area (Å²) >= 11 is 5.94. The molecule has 106 valence electrons. The number of aryl methyl sites for hydroxylation is 1. The maximum absolute atomic E-state index is 9.79. The van der Waals surface area contributed by atoms with Gasteiger partial charge in [0, 0.05) is 23.2 Å². The van der Waals surface area contributed by atoms with Gasteiger partial charge < -0.3 is 10.4 Å². The Hall–Kier alpha value is -1.51. The Morgan fingerprint density at radius 1 is 1.15 bits per heavy atom. The van der Waals surface area contributed by atoms with Gasteiger partial charge in [0.25, 0.3) is 0 Å². The molecule has 0 spiro atoms. The van der Waals surface area contributed by atoms with Gasteiger partial charge in [-0.2, -0.15) is 0 Å². The van der Waals surface area contributed by atoms with Gasteiger partial charge in [0.15, 0.2) is 0 Å². The minimum atomic E-state index is 0.222. The van der Waals surface area contributed by atoms with Crippen LogP contribution in [0.1, 0.15) is 36.6 Å². The molecule has 0 aliphatic carbocycles. The monoisotopic (exact) mass is 289 g/mol. The van der Waals surface area contributed by atoms with Crippen LogP contribution in [-0.2, 0) is 13.0 Å². The summed E-state index contributed by atoms with van der Waals surface area (Å²) in [4.78, 5) is 0. The maximum atomic E-state index is 9.79. The molecule has 0 aliphatic heterocycles. The van der Waals surface area contributed by atoms with Crippen molar-refractivity contribution in [2.75, 3.05) is 0 Å². The Morgan fingerprint density at radius 2 is 1.85 bits per heavy atom. The third-order valence-electron chi connectivity index (χ3n) is 3.53. The van der Waals surface area contributed by atoms with Crippen LogP contribution in [0, 0.1) is 0 Å². The zero-order valence-electron chi connectivity index (χ0n) is 11.9. The summed E-state index contributed by atoms with van der Waals surface area (Å²) in [6.07, 6.45) is 1.05. The van der Waals surface area contributed by atoms with E-state index < -0.39 is 0 Å². The van der Waals surface area contributed by atoms with Crippen LogP contribution in [0.5, 0.6) is 5.75 Å². The fourth-order valence-corrected chi connectivity index (χ4v) is 2.31. The van der Waals surface area contributed by atoms with Gasteiger partial charge in [0.2, 0.25) is 0 Å². The molecule has 2 rings (SSSR count). The second kappa shape index (κ2) is 6.78. The van der Waals surface area contributed by atoms with Gasteiger partial charge in [-0.25, -0.2) is 0 Å². The number of benzene rings is 2. The number of halogens is 1. The van der Waals surface area contributed by atoms with Gasteiger partial charge in [-0.15, -0.1) is 0 Å². The number of hydrogen-bond donors (Lipinski definition) is 2. The van der Waals surface area contributed by atoms with Crippen LogP contribution in [0.25, 0.3) is 0 Å². The van der Waals surface area contributed by atoms with Crippen LogP contribution >= 0.6 is 11.6 Å². The van der Waals surface area contributed by atoms with E-state index in [2.05, 4.69) is 43.4 Å². The van der Waals surface area contributed by atoms with Gasteiger partial charge in [0.05, 0.1) is 0 Å². The molecule has 0 radical (unpaired) electrons. The van der Waals surface area contributed by atoms with Crippen LogP contribution in [0.2, 0.25) is 5.02 Å². The third-order valence-corrected chi connectivity index (χ3v) is 3.76. The zero-order chi connectivity index (χ0) is 14.5. The van der Waals surface area contributed by atoms with Crippen molar-refractivity contribution in [3.05, 3.63) is 64.2 Å². The normalized spacial score (nSPS) is 12.3. The molecule has 0 aliphatic rings. The fourth-order valence-electron chi connectivity index (χ4n) is 2.12. The number of phenolic OH excluding ortho intramolecular Hbond substituents is 1. The number of phenols is 1. The van der Waals surface area contributed by atoms with E-state index in [1.165, 1.54) is 11.1 Å². The van der Waals surface area contributed by atoms with Crippen molar-refractivity contribution in [3.8, 4) is 5.75 Å². The van der Waals surface area contributed by atoms with Gasteiger partial charge in [-0.1, -0.05) is 42.8 Å². The summed E-state index contributed by atoms with van der Waals surface area (Å²) in [6, 6.07) is 13.9. The molecule has 0 saturated carbocycles. The lowest BCUT2D eigenvalue weighted by Crippen LogP contribution is -2.18. The molecule has 0 bridgehead atoms. The van der Waals surface area contributed by atoms with Crippen LogP contribution in [0.4, 0.5) is 0 Å². The first-order valence-corrected chi connectivity index (χ1v) is 7.27. The van der Waals surface area contributed by atoms with Crippen molar-refractivity contribution < 1.29 is 5.11 Å². The molecule has 3 heteroatoms. The van der Waals surface area contributed by atoms with E-state index in [0.29, 0.717) is 11.6 Å². The molecule has 0 aromatic heterocycles. The molecular weight excluding hydrogens is 270 g/mol. The van der Waals surface area contributed by atoms with Crippen molar-refractivity contribution in [2.24, 2.45) is 0 Å². The highest BCUT2D eigenvalue weighted by atomic mass is 35.5. The zero-order valence-corrected chi connectivity index (χ0v) is 12.6. The van der Waals surface area contributed by atoms with Crippen molar-refractivity contribution >= 4 is 11.6 Å². The third kappa shape index (κ3) is 3.75. The lowest BCUT2D eigenvalue weighted by Gasteiger charge is -2.15. The molecule has 2 N–H and O–H groups in total. The van der Waals surface area contributed by atoms with Gasteiger partial charge in [-0.3, -0.25) is 0 Å². The van der Waals surface area contributed by atoms with Crippen molar-refractivity contribution in [3.63, 3.8) is 0 Å². The highest BCUT2D eigenvalue weighted by Crippen LogP contribution is 2.22. The maximum Gasteiger partial charge on any atom is 0.120 e. The summed E-state index contributed by atoms with van der Waals surface area (Å²) in [5.41, 5.74) is 3.40. The predicted octanol–water partition coefficient (Wildman–Crippen LogP) is 4.46. The first kappa shape index (κ1) is 14.9. The minimum absolute atomic E-state index is 0.222. The van der Waals surface area contributed by atoms with Crippen LogP contribution in [0.15, 0.2) is 42.5 Å². The second-order valence-electron chi connectivity index (χ2n) is 4.97. The smallest absolute Gasteiger partial charge is 0.120 e. The predicted molar refractivity (Wildman–Crippen MR) is 84.2 cm³/mol. The standard InChI is InChI=1S/C17H20ClNO/c1-3-13-4-6-14(7-5-13)12(2)19-11-15-10-16(18)8-9-17(15)20/h4-10,12,19-20H,3,11H2,1-2H3. The highest BCUT2D eigenvalue weighted by molar-refractivity contribution is 6.30. The minimum Gasteiger partial charge on any atom is -0.508 e. The average molecular weight is 290 g/mol. The molecule has 0 fully saturated rings. The lowest BCUT2D eigenvalue weighted by molar-refractivity contribution is 0.460. The van der Waals surface area contributed by atoms with Crippen LogP contribution < -0.4 is 5.32 Å². The molecular formula is C17H20ClNO. The Labute approximate surface area is 125 Å². The van der Waals surface area contributed by atoms with Gasteiger partial charge in [0.1, 0.15) is 5.75 Å². The molecule has 20 heavy (non-hydrogen) atoms. The first-order chi connectivity index (χ1) is 9.60. The van der Waals surface area contributed by atoms with E-state index in [1.807, 2.05) is 0 Å². The largest absolute Gasteiger partial charge is 0.508 e. The molecule has 0 heterocycles. The van der Waals surface area contributed by atoms with E-state index in [1.54, 1.807) is 18.2 Å². The molecule has 1 atom stereocenters. The SMILES string of the molecule is CCc1ccc(C(C)NCc2cc(Cl)ccc2O)cc1. The number of nitrogens with one attached hydrogen (secondary N) is 1. The summed E-state index contributed by atoms with van der Waals surface area (Å²) in [5.74, 6) is 0.274. The highest BCUT2D eigenvalue weighted by Gasteiger charge is 2.07. The molecule has 2 aromatic carbocycles. The molecule has 0 amide bonds. The molecule has 1 unspecified atom stereocenters. The number of aromatic hydroxyl groups is 1. The van der Waals surface area contributed by atoms with Crippen molar-refractivity contribution in [1.82, 2.24) is 5.32 Å². The van der Waals surface area contributed by atoms with Crippen LogP contribution in [-0.4, -0.2) is 5.11 Å². The molecule has 2 nitrogen and oxygen atoms in total.